The average molecular weight is 272 g/mol. The normalized spacial score (nSPS) is 12.7. The number of alkyl carbamates (subject to hydrolysis) is 1. The van der Waals surface area contributed by atoms with Gasteiger partial charge >= 0.3 is 6.09 Å². The van der Waals surface area contributed by atoms with Crippen LogP contribution in [-0.4, -0.2) is 36.5 Å². The Balaban J connectivity index is 4.54. The van der Waals surface area contributed by atoms with Crippen molar-refractivity contribution in [3.05, 3.63) is 0 Å². The smallest absolute Gasteiger partial charge is 0.408 e. The summed E-state index contributed by atoms with van der Waals surface area (Å²) in [6, 6.07) is -0.699. The van der Waals surface area contributed by atoms with Crippen LogP contribution in [-0.2, 0) is 14.3 Å². The lowest BCUT2D eigenvalue weighted by atomic mass is 10.0. The van der Waals surface area contributed by atoms with Crippen LogP contribution in [0.1, 0.15) is 41.0 Å². The first-order valence-corrected chi connectivity index (χ1v) is 6.36. The van der Waals surface area contributed by atoms with Crippen LogP contribution in [0.15, 0.2) is 0 Å². The van der Waals surface area contributed by atoms with Crippen LogP contribution in [0.2, 0.25) is 0 Å². The highest BCUT2D eigenvalue weighted by molar-refractivity contribution is 5.86. The fourth-order valence-electron chi connectivity index (χ4n) is 1.42. The fraction of sp³-hybridized carbons (Fsp3) is 0.769. The first-order chi connectivity index (χ1) is 8.65. The molecule has 1 atom stereocenters. The van der Waals surface area contributed by atoms with Crippen molar-refractivity contribution in [2.45, 2.75) is 52.7 Å². The van der Waals surface area contributed by atoms with E-state index in [0.717, 1.165) is 0 Å². The minimum atomic E-state index is -0.699. The van der Waals surface area contributed by atoms with Crippen molar-refractivity contribution < 1.29 is 19.1 Å². The molecule has 0 unspecified atom stereocenters. The van der Waals surface area contributed by atoms with Crippen LogP contribution in [0.5, 0.6) is 0 Å². The lowest BCUT2D eigenvalue weighted by molar-refractivity contribution is -0.124. The Morgan fingerprint density at radius 1 is 1.26 bits per heavy atom. The van der Waals surface area contributed by atoms with E-state index in [9.17, 15) is 14.4 Å². The van der Waals surface area contributed by atoms with Crippen molar-refractivity contribution in [3.63, 3.8) is 0 Å². The number of carbonyl (C=O) groups is 3. The molecule has 0 fully saturated rings. The molecule has 0 rings (SSSR count). The largest absolute Gasteiger partial charge is 0.444 e. The second kappa shape index (κ2) is 7.76. The van der Waals surface area contributed by atoms with E-state index in [4.69, 9.17) is 4.74 Å². The fourth-order valence-corrected chi connectivity index (χ4v) is 1.42. The predicted octanol–water partition coefficient (Wildman–Crippen LogP) is 1.24. The first-order valence-electron chi connectivity index (χ1n) is 6.36. The van der Waals surface area contributed by atoms with E-state index in [0.29, 0.717) is 12.7 Å². The van der Waals surface area contributed by atoms with Gasteiger partial charge in [0.1, 0.15) is 17.9 Å². The molecule has 0 aromatic heterocycles. The van der Waals surface area contributed by atoms with Crippen molar-refractivity contribution in [1.82, 2.24) is 10.6 Å². The Kier molecular flexibility index (Phi) is 7.11. The first kappa shape index (κ1) is 17.4. The third-order valence-corrected chi connectivity index (χ3v) is 2.07. The Hall–Kier alpha value is -1.59. The predicted molar refractivity (Wildman–Crippen MR) is 71.7 cm³/mol. The maximum absolute atomic E-state index is 11.8. The Bertz CT molecular complexity index is 321. The third kappa shape index (κ3) is 9.04. The molecule has 6 heteroatoms. The van der Waals surface area contributed by atoms with Crippen molar-refractivity contribution >= 4 is 18.3 Å². The van der Waals surface area contributed by atoms with Crippen LogP contribution in [0.3, 0.4) is 0 Å². The molecule has 0 aromatic rings. The molecule has 0 bridgehead atoms. The van der Waals surface area contributed by atoms with Crippen molar-refractivity contribution in [2.75, 3.05) is 6.54 Å². The highest BCUT2D eigenvalue weighted by atomic mass is 16.6. The van der Waals surface area contributed by atoms with Gasteiger partial charge in [-0.1, -0.05) is 13.8 Å². The highest BCUT2D eigenvalue weighted by Crippen LogP contribution is 2.09. The van der Waals surface area contributed by atoms with Gasteiger partial charge in [0, 0.05) is 0 Å². The molecule has 6 nitrogen and oxygen atoms in total. The van der Waals surface area contributed by atoms with Crippen molar-refractivity contribution in [3.8, 4) is 0 Å². The molecule has 110 valence electrons. The van der Waals surface area contributed by atoms with Crippen LogP contribution in [0, 0.1) is 5.92 Å². The second-order valence-corrected chi connectivity index (χ2v) is 5.74. The monoisotopic (exact) mass is 272 g/mol. The molecule has 2 amide bonds. The number of hydrogen-bond donors (Lipinski definition) is 2. The van der Waals surface area contributed by atoms with Gasteiger partial charge in [0.15, 0.2) is 0 Å². The molecule has 0 aliphatic rings. The molecule has 0 aliphatic carbocycles. The zero-order valence-corrected chi connectivity index (χ0v) is 12.3. The molecule has 0 spiro atoms. The number of amides is 2. The summed E-state index contributed by atoms with van der Waals surface area (Å²) in [5.41, 5.74) is -0.619. The number of carbonyl (C=O) groups excluding carboxylic acids is 3. The molecular weight excluding hydrogens is 248 g/mol. The van der Waals surface area contributed by atoms with Crippen LogP contribution < -0.4 is 10.6 Å². The summed E-state index contributed by atoms with van der Waals surface area (Å²) in [6.07, 6.45) is 0.432. The maximum atomic E-state index is 11.8. The summed E-state index contributed by atoms with van der Waals surface area (Å²) < 4.78 is 5.10. The third-order valence-electron chi connectivity index (χ3n) is 2.07. The minimum Gasteiger partial charge on any atom is -0.444 e. The lowest BCUT2D eigenvalue weighted by Crippen LogP contribution is -2.49. The van der Waals surface area contributed by atoms with Gasteiger partial charge in [-0.25, -0.2) is 4.79 Å². The van der Waals surface area contributed by atoms with E-state index >= 15 is 0 Å². The molecule has 0 radical (unpaired) electrons. The molecule has 2 N–H and O–H groups in total. The Morgan fingerprint density at radius 2 is 1.84 bits per heavy atom. The molecule has 19 heavy (non-hydrogen) atoms. The molecule has 0 aromatic carbocycles. The molecular formula is C13H24N2O4. The van der Waals surface area contributed by atoms with E-state index < -0.39 is 17.7 Å². The summed E-state index contributed by atoms with van der Waals surface area (Å²) in [6.45, 7) is 9.06. The maximum Gasteiger partial charge on any atom is 0.408 e. The molecule has 0 saturated heterocycles. The Labute approximate surface area is 114 Å². The topological polar surface area (TPSA) is 84.5 Å². The summed E-state index contributed by atoms with van der Waals surface area (Å²) in [4.78, 5) is 33.7. The van der Waals surface area contributed by atoms with Crippen molar-refractivity contribution in [1.29, 1.82) is 0 Å². The standard InChI is InChI=1S/C13H24N2O4/c1-9(2)8-10(11(17)14-6-7-16)15-12(18)19-13(3,4)5/h7,9-10H,6,8H2,1-5H3,(H,14,17)(H,15,18)/t10-/m0/s1. The number of hydrogen-bond acceptors (Lipinski definition) is 4. The quantitative estimate of drug-likeness (QED) is 0.712. The zero-order chi connectivity index (χ0) is 15.1. The summed E-state index contributed by atoms with van der Waals surface area (Å²) >= 11 is 0. The van der Waals surface area contributed by atoms with Crippen molar-refractivity contribution in [2.24, 2.45) is 5.92 Å². The van der Waals surface area contributed by atoms with Gasteiger partial charge in [-0.3, -0.25) is 4.79 Å². The molecule has 0 aliphatic heterocycles. The number of ether oxygens (including phenoxy) is 1. The van der Waals surface area contributed by atoms with Gasteiger partial charge in [0.25, 0.3) is 0 Å². The number of aldehydes is 1. The molecule has 0 heterocycles. The lowest BCUT2D eigenvalue weighted by Gasteiger charge is -2.24. The van der Waals surface area contributed by atoms with E-state index in [-0.39, 0.29) is 18.4 Å². The van der Waals surface area contributed by atoms with Gasteiger partial charge in [0.2, 0.25) is 5.91 Å². The highest BCUT2D eigenvalue weighted by Gasteiger charge is 2.24. The van der Waals surface area contributed by atoms with Crippen LogP contribution in [0.4, 0.5) is 4.79 Å². The van der Waals surface area contributed by atoms with Gasteiger partial charge in [-0.05, 0) is 33.1 Å². The summed E-state index contributed by atoms with van der Waals surface area (Å²) in [5, 5.41) is 4.95. The minimum absolute atomic E-state index is 0.0660. The number of rotatable bonds is 6. The van der Waals surface area contributed by atoms with Crippen LogP contribution >= 0.6 is 0 Å². The summed E-state index contributed by atoms with van der Waals surface area (Å²) in [5.74, 6) is -0.159. The average Bonchev–Trinajstić information content (AvgIpc) is 2.21. The second-order valence-electron chi connectivity index (χ2n) is 5.74. The van der Waals surface area contributed by atoms with Crippen LogP contribution in [0.25, 0.3) is 0 Å². The van der Waals surface area contributed by atoms with Gasteiger partial charge in [0.05, 0.1) is 6.54 Å². The molecule has 0 saturated carbocycles. The Morgan fingerprint density at radius 3 is 2.26 bits per heavy atom. The van der Waals surface area contributed by atoms with E-state index in [1.807, 2.05) is 13.8 Å². The summed E-state index contributed by atoms with van der Waals surface area (Å²) in [7, 11) is 0. The van der Waals surface area contributed by atoms with Gasteiger partial charge in [-0.15, -0.1) is 0 Å². The van der Waals surface area contributed by atoms with E-state index in [1.165, 1.54) is 0 Å². The van der Waals surface area contributed by atoms with E-state index in [1.54, 1.807) is 20.8 Å². The van der Waals surface area contributed by atoms with Gasteiger partial charge < -0.3 is 20.2 Å². The zero-order valence-electron chi connectivity index (χ0n) is 12.3. The van der Waals surface area contributed by atoms with E-state index in [2.05, 4.69) is 10.6 Å². The number of nitrogens with one attached hydrogen (secondary N) is 2. The SMILES string of the molecule is CC(C)C[C@H](NC(=O)OC(C)(C)C)C(=O)NCC=O. The van der Waals surface area contributed by atoms with Gasteiger partial charge in [-0.2, -0.15) is 0 Å².